The fourth-order valence-corrected chi connectivity index (χ4v) is 3.32. The summed E-state index contributed by atoms with van der Waals surface area (Å²) >= 11 is 0. The van der Waals surface area contributed by atoms with Crippen LogP contribution in [-0.2, 0) is 34.0 Å². The van der Waals surface area contributed by atoms with E-state index in [1.54, 1.807) is 0 Å². The molecule has 0 spiro atoms. The molecule has 16 heteroatoms. The monoisotopic (exact) mass is 556 g/mol. The van der Waals surface area contributed by atoms with Crippen LogP contribution >= 0.6 is 0 Å². The van der Waals surface area contributed by atoms with Gasteiger partial charge in [0.25, 0.3) is 0 Å². The molecule has 3 heterocycles. The molecule has 1 aliphatic carbocycles. The Morgan fingerprint density at radius 2 is 1.61 bits per heavy atom. The van der Waals surface area contributed by atoms with E-state index in [4.69, 9.17) is 24.2 Å². The second kappa shape index (κ2) is 12.8. The predicted octanol–water partition coefficient (Wildman–Crippen LogP) is 3.21. The van der Waals surface area contributed by atoms with Gasteiger partial charge in [-0.15, -0.1) is 0 Å². The Balaban J connectivity index is 0.000000301. The molecule has 2 aromatic rings. The van der Waals surface area contributed by atoms with Crippen LogP contribution in [0.25, 0.3) is 0 Å². The van der Waals surface area contributed by atoms with Crippen molar-refractivity contribution in [1.29, 1.82) is 0 Å². The summed E-state index contributed by atoms with van der Waals surface area (Å²) in [5.74, 6) is -2.89. The molecule has 3 N–H and O–H groups in total. The number of hydrogen-bond donors (Lipinski definition) is 3. The third-order valence-electron chi connectivity index (χ3n) is 5.36. The van der Waals surface area contributed by atoms with Gasteiger partial charge in [0.05, 0.1) is 24.7 Å². The van der Waals surface area contributed by atoms with Gasteiger partial charge in [-0.05, 0) is 43.9 Å². The number of rotatable bonds is 5. The lowest BCUT2D eigenvalue weighted by molar-refractivity contribution is -0.193. The maximum Gasteiger partial charge on any atom is 0.490 e. The Morgan fingerprint density at radius 1 is 1.03 bits per heavy atom. The van der Waals surface area contributed by atoms with Gasteiger partial charge in [0, 0.05) is 25.8 Å². The number of aliphatic carboxylic acids is 2. The van der Waals surface area contributed by atoms with Gasteiger partial charge in [0.2, 0.25) is 5.91 Å². The number of nitrogens with one attached hydrogen (secondary N) is 1. The van der Waals surface area contributed by atoms with Gasteiger partial charge in [0.15, 0.2) is 0 Å². The van der Waals surface area contributed by atoms with Gasteiger partial charge >= 0.3 is 24.3 Å². The lowest BCUT2D eigenvalue weighted by Crippen LogP contribution is -2.39. The molecule has 1 aliphatic heterocycles. The molecule has 4 rings (SSSR count). The molecule has 0 saturated heterocycles. The molecule has 0 radical (unpaired) electrons. The molecular weight excluding hydrogens is 530 g/mol. The van der Waals surface area contributed by atoms with E-state index in [9.17, 15) is 31.1 Å². The maximum absolute atomic E-state index is 12.6. The van der Waals surface area contributed by atoms with Crippen LogP contribution in [0.15, 0.2) is 28.8 Å². The lowest BCUT2D eigenvalue weighted by atomic mass is 10.1. The van der Waals surface area contributed by atoms with E-state index >= 15 is 0 Å². The molecule has 0 bridgehead atoms. The van der Waals surface area contributed by atoms with Gasteiger partial charge in [-0.25, -0.2) is 9.59 Å². The van der Waals surface area contributed by atoms with Gasteiger partial charge in [0.1, 0.15) is 11.5 Å². The topological polar surface area (TPSA) is 138 Å². The molecule has 1 amide bonds. The molecule has 10 nitrogen and oxygen atoms in total. The second-order valence-corrected chi connectivity index (χ2v) is 8.68. The fraction of sp³-hybridized carbons (Fsp3) is 0.545. The van der Waals surface area contributed by atoms with Gasteiger partial charge in [-0.2, -0.15) is 31.4 Å². The van der Waals surface area contributed by atoms with Crippen LogP contribution in [-0.4, -0.2) is 68.2 Å². The number of aromatic nitrogens is 2. The van der Waals surface area contributed by atoms with Gasteiger partial charge in [-0.1, -0.05) is 0 Å². The van der Waals surface area contributed by atoms with Crippen LogP contribution in [0.2, 0.25) is 0 Å². The summed E-state index contributed by atoms with van der Waals surface area (Å²) in [6, 6.07) is 6.03. The minimum Gasteiger partial charge on any atom is -0.475 e. The highest BCUT2D eigenvalue weighted by atomic mass is 19.4. The Hall–Kier alpha value is -3.56. The highest BCUT2D eigenvalue weighted by Crippen LogP contribution is 2.28. The number of amides is 1. The van der Waals surface area contributed by atoms with Crippen LogP contribution < -0.4 is 5.32 Å². The number of aryl methyl sites for hydroxylation is 1. The van der Waals surface area contributed by atoms with Crippen molar-refractivity contribution in [1.82, 2.24) is 20.0 Å². The second-order valence-electron chi connectivity index (χ2n) is 8.68. The number of fused-ring (bicyclic) bond motifs is 1. The van der Waals surface area contributed by atoms with Crippen molar-refractivity contribution in [2.45, 2.75) is 51.8 Å². The summed E-state index contributed by atoms with van der Waals surface area (Å²) in [6.07, 6.45) is -5.86. The Labute approximate surface area is 212 Å². The van der Waals surface area contributed by atoms with Crippen molar-refractivity contribution in [2.75, 3.05) is 13.1 Å². The molecule has 212 valence electrons. The molecule has 1 unspecified atom stereocenters. The number of alkyl halides is 6. The number of carboxylic acid groups (broad SMARTS) is 2. The predicted molar refractivity (Wildman–Crippen MR) is 116 cm³/mol. The highest BCUT2D eigenvalue weighted by Gasteiger charge is 2.39. The van der Waals surface area contributed by atoms with Crippen molar-refractivity contribution in [3.63, 3.8) is 0 Å². The zero-order chi connectivity index (χ0) is 28.7. The van der Waals surface area contributed by atoms with E-state index in [1.807, 2.05) is 36.0 Å². The smallest absolute Gasteiger partial charge is 0.475 e. The van der Waals surface area contributed by atoms with Crippen LogP contribution in [0.3, 0.4) is 0 Å². The standard InChI is InChI=1S/C18H24N4O2.2C2HF3O2/c1-13-2-5-17(24-13)12-21-9-15(18(23)19-8-14-3-4-14)10-22-16(11-21)6-7-20-22;2*3-2(4,5)1(6)7/h2,5-7,14-15H,3-4,8-12H2,1H3,(H,19,23);2*(H,6,7). The van der Waals surface area contributed by atoms with E-state index in [-0.39, 0.29) is 11.8 Å². The largest absolute Gasteiger partial charge is 0.490 e. The third-order valence-corrected chi connectivity index (χ3v) is 5.36. The summed E-state index contributed by atoms with van der Waals surface area (Å²) in [4.78, 5) is 32.7. The van der Waals surface area contributed by atoms with Crippen molar-refractivity contribution in [2.24, 2.45) is 11.8 Å². The molecule has 0 aromatic carbocycles. The van der Waals surface area contributed by atoms with Crippen LogP contribution in [0.5, 0.6) is 0 Å². The van der Waals surface area contributed by atoms with Crippen molar-refractivity contribution < 1.29 is 55.4 Å². The minimum absolute atomic E-state index is 0.0824. The summed E-state index contributed by atoms with van der Waals surface area (Å²) in [5, 5.41) is 21.8. The maximum atomic E-state index is 12.6. The first-order valence-electron chi connectivity index (χ1n) is 11.2. The van der Waals surface area contributed by atoms with Crippen LogP contribution in [0.4, 0.5) is 26.3 Å². The van der Waals surface area contributed by atoms with Crippen LogP contribution in [0.1, 0.15) is 30.1 Å². The molecule has 38 heavy (non-hydrogen) atoms. The molecule has 1 fully saturated rings. The Morgan fingerprint density at radius 3 is 2.08 bits per heavy atom. The summed E-state index contributed by atoms with van der Waals surface area (Å²) in [7, 11) is 0. The highest BCUT2D eigenvalue weighted by molar-refractivity contribution is 5.79. The number of halogens is 6. The van der Waals surface area contributed by atoms with Crippen molar-refractivity contribution >= 4 is 17.8 Å². The fourth-order valence-electron chi connectivity index (χ4n) is 3.32. The summed E-state index contributed by atoms with van der Waals surface area (Å²) in [5.41, 5.74) is 1.15. The molecular formula is C22H26F6N4O6. The molecule has 2 aromatic heterocycles. The van der Waals surface area contributed by atoms with Crippen molar-refractivity contribution in [3.05, 3.63) is 41.6 Å². The average Bonchev–Trinajstić information content (AvgIpc) is 3.44. The van der Waals surface area contributed by atoms with E-state index in [0.29, 0.717) is 19.0 Å². The van der Waals surface area contributed by atoms with Crippen molar-refractivity contribution in [3.8, 4) is 0 Å². The third kappa shape index (κ3) is 10.4. The quantitative estimate of drug-likeness (QED) is 0.478. The minimum atomic E-state index is -5.08. The zero-order valence-corrected chi connectivity index (χ0v) is 20.1. The van der Waals surface area contributed by atoms with E-state index < -0.39 is 24.3 Å². The number of carboxylic acids is 2. The lowest BCUT2D eigenvalue weighted by Gasteiger charge is -2.22. The first kappa shape index (κ1) is 30.7. The first-order chi connectivity index (χ1) is 17.6. The number of carbonyl (C=O) groups is 3. The van der Waals surface area contributed by atoms with Gasteiger partial charge in [-0.3, -0.25) is 14.4 Å². The van der Waals surface area contributed by atoms with E-state index in [1.165, 1.54) is 12.8 Å². The number of carbonyl (C=O) groups excluding carboxylic acids is 1. The summed E-state index contributed by atoms with van der Waals surface area (Å²) < 4.78 is 71.2. The van der Waals surface area contributed by atoms with E-state index in [0.717, 1.165) is 36.8 Å². The van der Waals surface area contributed by atoms with E-state index in [2.05, 4.69) is 15.3 Å². The number of furan rings is 1. The molecule has 2 aliphatic rings. The normalized spacial score (nSPS) is 17.6. The number of hydrogen-bond acceptors (Lipinski definition) is 6. The molecule has 1 saturated carbocycles. The number of nitrogens with zero attached hydrogens (tertiary/aromatic N) is 3. The summed E-state index contributed by atoms with van der Waals surface area (Å²) in [6.45, 7) is 5.64. The zero-order valence-electron chi connectivity index (χ0n) is 20.1. The Bertz CT molecular complexity index is 1070. The average molecular weight is 556 g/mol. The van der Waals surface area contributed by atoms with Gasteiger partial charge < -0.3 is 19.9 Å². The molecule has 1 atom stereocenters. The SMILES string of the molecule is Cc1ccc(CN2Cc3ccnn3CC(C(=O)NCC3CC3)C2)o1.O=C(O)C(F)(F)F.O=C(O)C(F)(F)F. The first-order valence-corrected chi connectivity index (χ1v) is 11.2. The van der Waals surface area contributed by atoms with Crippen LogP contribution in [0, 0.1) is 18.8 Å². The Kier molecular flexibility index (Phi) is 10.3.